The third-order valence-electron chi connectivity index (χ3n) is 5.07. The Balaban J connectivity index is 1.68. The van der Waals surface area contributed by atoms with Crippen molar-refractivity contribution in [2.45, 2.75) is 78.6 Å². The van der Waals surface area contributed by atoms with Gasteiger partial charge in [-0.3, -0.25) is 5.32 Å². The van der Waals surface area contributed by atoms with Crippen molar-refractivity contribution in [2.75, 3.05) is 5.32 Å². The van der Waals surface area contributed by atoms with Gasteiger partial charge in [0.2, 0.25) is 0 Å². The topological polar surface area (TPSA) is 38.3 Å². The van der Waals surface area contributed by atoms with Crippen LogP contribution in [0.4, 0.5) is 10.5 Å². The van der Waals surface area contributed by atoms with Gasteiger partial charge in [-0.25, -0.2) is 4.79 Å². The van der Waals surface area contributed by atoms with E-state index in [4.69, 9.17) is 4.74 Å². The molecule has 0 saturated heterocycles. The van der Waals surface area contributed by atoms with E-state index >= 15 is 0 Å². The van der Waals surface area contributed by atoms with Gasteiger partial charge in [-0.15, -0.1) is 0 Å². The molecule has 0 aromatic heterocycles. The first-order chi connectivity index (χ1) is 13.6. The molecular formula is C25H35NO2. The summed E-state index contributed by atoms with van der Waals surface area (Å²) in [6.45, 7) is 6.26. The number of nitrogens with one attached hydrogen (secondary N) is 1. The van der Waals surface area contributed by atoms with Gasteiger partial charge in [0.05, 0.1) is 0 Å². The molecule has 28 heavy (non-hydrogen) atoms. The minimum absolute atomic E-state index is 0.456. The third-order valence-corrected chi connectivity index (χ3v) is 5.07. The van der Waals surface area contributed by atoms with Gasteiger partial charge in [-0.2, -0.15) is 0 Å². The van der Waals surface area contributed by atoms with Crippen LogP contribution in [0.5, 0.6) is 5.75 Å². The van der Waals surface area contributed by atoms with E-state index in [2.05, 4.69) is 24.4 Å². The number of amides is 1. The summed E-state index contributed by atoms with van der Waals surface area (Å²) in [4.78, 5) is 12.1. The highest BCUT2D eigenvalue weighted by atomic mass is 16.6. The lowest BCUT2D eigenvalue weighted by atomic mass is 10.0. The van der Waals surface area contributed by atoms with Gasteiger partial charge in [-0.05, 0) is 56.0 Å². The number of ether oxygens (including phenoxy) is 1. The lowest BCUT2D eigenvalue weighted by Gasteiger charge is -2.10. The summed E-state index contributed by atoms with van der Waals surface area (Å²) in [5.41, 5.74) is 4.27. The van der Waals surface area contributed by atoms with Crippen LogP contribution in [-0.2, 0) is 6.42 Å². The van der Waals surface area contributed by atoms with Gasteiger partial charge in [0.15, 0.2) is 0 Å². The van der Waals surface area contributed by atoms with Gasteiger partial charge in [0.1, 0.15) is 5.75 Å². The number of unbranched alkanes of at least 4 members (excludes halogenated alkanes) is 7. The van der Waals surface area contributed by atoms with E-state index in [0.717, 1.165) is 17.7 Å². The van der Waals surface area contributed by atoms with Crippen molar-refractivity contribution >= 4 is 11.8 Å². The van der Waals surface area contributed by atoms with Gasteiger partial charge < -0.3 is 4.74 Å². The van der Waals surface area contributed by atoms with Crippen LogP contribution in [-0.4, -0.2) is 6.09 Å². The molecule has 0 fully saturated rings. The van der Waals surface area contributed by atoms with Crippen LogP contribution in [0.15, 0.2) is 42.5 Å². The van der Waals surface area contributed by atoms with Crippen molar-refractivity contribution in [3.05, 3.63) is 59.2 Å². The quantitative estimate of drug-likeness (QED) is 0.407. The van der Waals surface area contributed by atoms with Crippen molar-refractivity contribution in [1.29, 1.82) is 0 Å². The Morgan fingerprint density at radius 2 is 1.50 bits per heavy atom. The fraction of sp³-hybridized carbons (Fsp3) is 0.480. The normalized spacial score (nSPS) is 10.7. The van der Waals surface area contributed by atoms with Crippen LogP contribution in [0.1, 0.15) is 75.0 Å². The van der Waals surface area contributed by atoms with Gasteiger partial charge in [0, 0.05) is 5.69 Å². The first-order valence-corrected chi connectivity index (χ1v) is 10.7. The Kier molecular flexibility index (Phi) is 9.61. The Morgan fingerprint density at radius 3 is 2.14 bits per heavy atom. The average molecular weight is 382 g/mol. The molecule has 2 rings (SSSR count). The molecule has 3 heteroatoms. The molecule has 0 aliphatic carbocycles. The largest absolute Gasteiger partial charge is 0.417 e. The molecule has 0 unspecified atom stereocenters. The Bertz CT molecular complexity index is 722. The highest BCUT2D eigenvalue weighted by molar-refractivity contribution is 5.87. The van der Waals surface area contributed by atoms with E-state index in [0.29, 0.717) is 5.75 Å². The predicted octanol–water partition coefficient (Wildman–Crippen LogP) is 7.60. The number of hydrogen-bond acceptors (Lipinski definition) is 2. The third kappa shape index (κ3) is 8.16. The van der Waals surface area contributed by atoms with E-state index in [9.17, 15) is 4.79 Å². The maximum Gasteiger partial charge on any atom is 0.417 e. The van der Waals surface area contributed by atoms with E-state index in [-0.39, 0.29) is 0 Å². The maximum atomic E-state index is 12.1. The molecule has 0 spiro atoms. The summed E-state index contributed by atoms with van der Waals surface area (Å²) in [7, 11) is 0. The zero-order chi connectivity index (χ0) is 20.2. The molecule has 2 aromatic rings. The molecule has 0 radical (unpaired) electrons. The number of carbonyl (C=O) groups is 1. The number of anilines is 1. The second kappa shape index (κ2) is 12.2. The van der Waals surface area contributed by atoms with E-state index in [1.165, 1.54) is 62.5 Å². The summed E-state index contributed by atoms with van der Waals surface area (Å²) >= 11 is 0. The Hall–Kier alpha value is -2.29. The SMILES string of the molecule is CCCCCCCCCCc1ccc(OC(=O)Nc2ccc(C)cc2C)cc1. The standard InChI is InChI=1S/C25H35NO2/c1-4-5-6-7-8-9-10-11-12-22-14-16-23(17-15-22)28-25(27)26-24-18-13-20(2)19-21(24)3/h13-19H,4-12H2,1-3H3,(H,26,27). The first-order valence-electron chi connectivity index (χ1n) is 10.7. The smallest absolute Gasteiger partial charge is 0.410 e. The molecule has 0 bridgehead atoms. The summed E-state index contributed by atoms with van der Waals surface area (Å²) in [6, 6.07) is 13.8. The number of hydrogen-bond donors (Lipinski definition) is 1. The number of aryl methyl sites for hydroxylation is 3. The molecule has 0 aliphatic heterocycles. The Labute approximate surface area is 170 Å². The molecule has 1 amide bonds. The fourth-order valence-corrected chi connectivity index (χ4v) is 3.38. The maximum absolute atomic E-state index is 12.1. The highest BCUT2D eigenvalue weighted by Gasteiger charge is 2.07. The minimum Gasteiger partial charge on any atom is -0.410 e. The second-order valence-corrected chi connectivity index (χ2v) is 7.70. The minimum atomic E-state index is -0.456. The van der Waals surface area contributed by atoms with E-state index < -0.39 is 6.09 Å². The Morgan fingerprint density at radius 1 is 0.857 bits per heavy atom. The van der Waals surface area contributed by atoms with Crippen molar-refractivity contribution in [2.24, 2.45) is 0 Å². The highest BCUT2D eigenvalue weighted by Crippen LogP contribution is 2.19. The predicted molar refractivity (Wildman–Crippen MR) is 118 cm³/mol. The molecule has 2 aromatic carbocycles. The van der Waals surface area contributed by atoms with Gasteiger partial charge >= 0.3 is 6.09 Å². The first kappa shape index (κ1) is 22.0. The molecule has 3 nitrogen and oxygen atoms in total. The number of carbonyl (C=O) groups excluding carboxylic acids is 1. The van der Waals surface area contributed by atoms with E-state index in [1.54, 1.807) is 0 Å². The van der Waals surface area contributed by atoms with Crippen molar-refractivity contribution in [3.63, 3.8) is 0 Å². The van der Waals surface area contributed by atoms with Crippen molar-refractivity contribution in [3.8, 4) is 5.75 Å². The fourth-order valence-electron chi connectivity index (χ4n) is 3.38. The van der Waals surface area contributed by atoms with E-state index in [1.807, 2.05) is 44.2 Å². The van der Waals surface area contributed by atoms with Crippen LogP contribution in [0, 0.1) is 13.8 Å². The molecule has 152 valence electrons. The second-order valence-electron chi connectivity index (χ2n) is 7.70. The van der Waals surface area contributed by atoms with Crippen molar-refractivity contribution < 1.29 is 9.53 Å². The van der Waals surface area contributed by atoms with Gasteiger partial charge in [-0.1, -0.05) is 81.7 Å². The zero-order valence-electron chi connectivity index (χ0n) is 17.7. The van der Waals surface area contributed by atoms with Crippen LogP contribution >= 0.6 is 0 Å². The lowest BCUT2D eigenvalue weighted by Crippen LogP contribution is -2.17. The number of rotatable bonds is 11. The molecule has 0 saturated carbocycles. The summed E-state index contributed by atoms with van der Waals surface area (Å²) < 4.78 is 5.40. The number of benzene rings is 2. The van der Waals surface area contributed by atoms with Crippen LogP contribution in [0.3, 0.4) is 0 Å². The van der Waals surface area contributed by atoms with Crippen LogP contribution in [0.2, 0.25) is 0 Å². The molecule has 0 atom stereocenters. The van der Waals surface area contributed by atoms with Crippen LogP contribution in [0.25, 0.3) is 0 Å². The average Bonchev–Trinajstić information content (AvgIpc) is 2.67. The molecule has 0 heterocycles. The molecule has 1 N–H and O–H groups in total. The monoisotopic (exact) mass is 381 g/mol. The summed E-state index contributed by atoms with van der Waals surface area (Å²) in [5.74, 6) is 0.571. The lowest BCUT2D eigenvalue weighted by molar-refractivity contribution is 0.215. The van der Waals surface area contributed by atoms with Crippen molar-refractivity contribution in [1.82, 2.24) is 0 Å². The summed E-state index contributed by atoms with van der Waals surface area (Å²) in [6.07, 6.45) is 11.3. The summed E-state index contributed by atoms with van der Waals surface area (Å²) in [5, 5.41) is 2.81. The van der Waals surface area contributed by atoms with Crippen LogP contribution < -0.4 is 10.1 Å². The molecular weight excluding hydrogens is 346 g/mol. The van der Waals surface area contributed by atoms with Gasteiger partial charge in [0.25, 0.3) is 0 Å². The zero-order valence-corrected chi connectivity index (χ0v) is 17.7. The molecule has 0 aliphatic rings.